The predicted molar refractivity (Wildman–Crippen MR) is 69.2 cm³/mol. The average molecular weight is 224 g/mol. The minimum absolute atomic E-state index is 0.0653. The van der Waals surface area contributed by atoms with Crippen LogP contribution in [0.15, 0.2) is 48.5 Å². The van der Waals surface area contributed by atoms with Crippen molar-refractivity contribution in [1.82, 2.24) is 0 Å². The van der Waals surface area contributed by atoms with Crippen LogP contribution >= 0.6 is 0 Å². The van der Waals surface area contributed by atoms with Gasteiger partial charge >= 0.3 is 0 Å². The molecule has 0 spiro atoms. The fourth-order valence-corrected chi connectivity index (χ4v) is 2.30. The molecular weight excluding hydrogens is 211 g/mol. The zero-order chi connectivity index (χ0) is 11.8. The summed E-state index contributed by atoms with van der Waals surface area (Å²) < 4.78 is 14.2. The standard InChI is InChI=1S/C16H13F/c1-11-6-8-12(9-7-11)15-10-13-4-2-3-5-14(13)16(15)17/h2-9H,10H2,1H3. The molecule has 1 aliphatic carbocycles. The van der Waals surface area contributed by atoms with E-state index in [1.807, 2.05) is 55.5 Å². The Morgan fingerprint density at radius 1 is 0.941 bits per heavy atom. The molecule has 0 aromatic heterocycles. The summed E-state index contributed by atoms with van der Waals surface area (Å²) in [5, 5.41) is 0. The summed E-state index contributed by atoms with van der Waals surface area (Å²) in [6.45, 7) is 2.04. The summed E-state index contributed by atoms with van der Waals surface area (Å²) in [6.07, 6.45) is 0.699. The van der Waals surface area contributed by atoms with Crippen molar-refractivity contribution in [2.24, 2.45) is 0 Å². The summed E-state index contributed by atoms with van der Waals surface area (Å²) in [5.74, 6) is -0.0653. The van der Waals surface area contributed by atoms with Crippen LogP contribution < -0.4 is 0 Å². The minimum Gasteiger partial charge on any atom is -0.206 e. The maximum Gasteiger partial charge on any atom is 0.134 e. The molecule has 3 rings (SSSR count). The van der Waals surface area contributed by atoms with Crippen LogP contribution in [0.1, 0.15) is 22.3 Å². The first-order chi connectivity index (χ1) is 8.25. The van der Waals surface area contributed by atoms with Crippen molar-refractivity contribution < 1.29 is 4.39 Å². The van der Waals surface area contributed by atoms with Crippen molar-refractivity contribution >= 4 is 11.4 Å². The van der Waals surface area contributed by atoms with Crippen LogP contribution in [0.2, 0.25) is 0 Å². The van der Waals surface area contributed by atoms with Crippen LogP contribution in [-0.2, 0) is 6.42 Å². The Morgan fingerprint density at radius 2 is 1.65 bits per heavy atom. The highest BCUT2D eigenvalue weighted by molar-refractivity contribution is 5.93. The Balaban J connectivity index is 2.08. The first-order valence-corrected chi connectivity index (χ1v) is 5.79. The summed E-state index contributed by atoms with van der Waals surface area (Å²) in [4.78, 5) is 0. The molecule has 0 nitrogen and oxygen atoms in total. The van der Waals surface area contributed by atoms with Gasteiger partial charge in [0.2, 0.25) is 0 Å². The quantitative estimate of drug-likeness (QED) is 0.674. The second-order valence-electron chi connectivity index (χ2n) is 4.49. The molecule has 1 heteroatoms. The molecule has 0 bridgehead atoms. The molecule has 2 aromatic rings. The highest BCUT2D eigenvalue weighted by atomic mass is 19.1. The molecule has 0 amide bonds. The molecule has 0 heterocycles. The van der Waals surface area contributed by atoms with E-state index < -0.39 is 0 Å². The third-order valence-corrected chi connectivity index (χ3v) is 3.29. The molecule has 0 saturated heterocycles. The molecule has 2 aromatic carbocycles. The molecule has 0 aliphatic heterocycles. The largest absolute Gasteiger partial charge is 0.206 e. The van der Waals surface area contributed by atoms with E-state index in [-0.39, 0.29) is 5.83 Å². The van der Waals surface area contributed by atoms with Crippen molar-refractivity contribution in [3.63, 3.8) is 0 Å². The summed E-state index contributed by atoms with van der Waals surface area (Å²) in [6, 6.07) is 15.7. The zero-order valence-corrected chi connectivity index (χ0v) is 9.70. The Labute approximate surface area is 100 Å². The number of benzene rings is 2. The number of rotatable bonds is 1. The molecule has 0 fully saturated rings. The molecule has 84 valence electrons. The monoisotopic (exact) mass is 224 g/mol. The number of hydrogen-bond acceptors (Lipinski definition) is 0. The molecule has 0 atom stereocenters. The molecular formula is C16H13F. The van der Waals surface area contributed by atoms with Gasteiger partial charge in [-0.15, -0.1) is 0 Å². The molecule has 0 saturated carbocycles. The number of hydrogen-bond donors (Lipinski definition) is 0. The second kappa shape index (κ2) is 3.85. The Kier molecular flexibility index (Phi) is 2.32. The number of fused-ring (bicyclic) bond motifs is 1. The van der Waals surface area contributed by atoms with Crippen molar-refractivity contribution in [3.8, 4) is 0 Å². The van der Waals surface area contributed by atoms with Crippen LogP contribution in [0.4, 0.5) is 4.39 Å². The Bertz CT molecular complexity index is 591. The fraction of sp³-hybridized carbons (Fsp3) is 0.125. The lowest BCUT2D eigenvalue weighted by molar-refractivity contribution is 0.765. The van der Waals surface area contributed by atoms with Crippen LogP contribution in [0, 0.1) is 6.92 Å². The maximum absolute atomic E-state index is 14.2. The van der Waals surface area contributed by atoms with E-state index in [0.717, 1.165) is 22.3 Å². The van der Waals surface area contributed by atoms with Gasteiger partial charge in [0.25, 0.3) is 0 Å². The normalized spacial score (nSPS) is 14.0. The van der Waals surface area contributed by atoms with Crippen molar-refractivity contribution in [2.45, 2.75) is 13.3 Å². The van der Waals surface area contributed by atoms with Crippen LogP contribution in [0.5, 0.6) is 0 Å². The van der Waals surface area contributed by atoms with E-state index in [4.69, 9.17) is 0 Å². The maximum atomic E-state index is 14.2. The highest BCUT2D eigenvalue weighted by Gasteiger charge is 2.21. The minimum atomic E-state index is -0.0653. The smallest absolute Gasteiger partial charge is 0.134 e. The van der Waals surface area contributed by atoms with Crippen molar-refractivity contribution in [1.29, 1.82) is 0 Å². The van der Waals surface area contributed by atoms with E-state index in [0.29, 0.717) is 6.42 Å². The second-order valence-corrected chi connectivity index (χ2v) is 4.49. The SMILES string of the molecule is Cc1ccc(C2=C(F)c3ccccc3C2)cc1. The van der Waals surface area contributed by atoms with E-state index in [9.17, 15) is 4.39 Å². The fourth-order valence-electron chi connectivity index (χ4n) is 2.30. The summed E-state index contributed by atoms with van der Waals surface area (Å²) >= 11 is 0. The van der Waals surface area contributed by atoms with Gasteiger partial charge in [0.15, 0.2) is 0 Å². The van der Waals surface area contributed by atoms with Crippen molar-refractivity contribution in [3.05, 3.63) is 70.8 Å². The lowest BCUT2D eigenvalue weighted by Crippen LogP contribution is -1.85. The van der Waals surface area contributed by atoms with Gasteiger partial charge in [-0.3, -0.25) is 0 Å². The summed E-state index contributed by atoms with van der Waals surface area (Å²) in [7, 11) is 0. The van der Waals surface area contributed by atoms with Gasteiger partial charge < -0.3 is 0 Å². The molecule has 0 N–H and O–H groups in total. The first-order valence-electron chi connectivity index (χ1n) is 5.79. The lowest BCUT2D eigenvalue weighted by Gasteiger charge is -2.02. The first kappa shape index (κ1) is 10.3. The van der Waals surface area contributed by atoms with Gasteiger partial charge in [-0.1, -0.05) is 54.1 Å². The van der Waals surface area contributed by atoms with Crippen molar-refractivity contribution in [2.75, 3.05) is 0 Å². The Morgan fingerprint density at radius 3 is 2.35 bits per heavy atom. The van der Waals surface area contributed by atoms with E-state index in [1.54, 1.807) is 0 Å². The lowest BCUT2D eigenvalue weighted by atomic mass is 10.0. The Hall–Kier alpha value is -1.89. The zero-order valence-electron chi connectivity index (χ0n) is 9.70. The third-order valence-electron chi connectivity index (χ3n) is 3.29. The van der Waals surface area contributed by atoms with Gasteiger partial charge in [-0.05, 0) is 18.1 Å². The van der Waals surface area contributed by atoms with E-state index >= 15 is 0 Å². The van der Waals surface area contributed by atoms with Crippen LogP contribution in [0.3, 0.4) is 0 Å². The van der Waals surface area contributed by atoms with Gasteiger partial charge in [0, 0.05) is 17.6 Å². The average Bonchev–Trinajstić information content (AvgIpc) is 2.69. The molecule has 0 unspecified atom stereocenters. The third kappa shape index (κ3) is 1.68. The number of aryl methyl sites for hydroxylation is 1. The van der Waals surface area contributed by atoms with Gasteiger partial charge in [-0.25, -0.2) is 4.39 Å². The van der Waals surface area contributed by atoms with E-state index in [1.165, 1.54) is 5.56 Å². The van der Waals surface area contributed by atoms with Crippen LogP contribution in [0.25, 0.3) is 11.4 Å². The topological polar surface area (TPSA) is 0 Å². The van der Waals surface area contributed by atoms with Gasteiger partial charge in [-0.2, -0.15) is 0 Å². The molecule has 1 aliphatic rings. The summed E-state index contributed by atoms with van der Waals surface area (Å²) in [5.41, 5.74) is 4.84. The highest BCUT2D eigenvalue weighted by Crippen LogP contribution is 2.38. The number of halogens is 1. The molecule has 0 radical (unpaired) electrons. The number of allylic oxidation sites excluding steroid dienone is 1. The predicted octanol–water partition coefficient (Wildman–Crippen LogP) is 4.39. The van der Waals surface area contributed by atoms with Crippen LogP contribution in [-0.4, -0.2) is 0 Å². The van der Waals surface area contributed by atoms with Gasteiger partial charge in [0.1, 0.15) is 5.83 Å². The van der Waals surface area contributed by atoms with E-state index in [2.05, 4.69) is 0 Å². The van der Waals surface area contributed by atoms with Gasteiger partial charge in [0.05, 0.1) is 0 Å². The molecule has 17 heavy (non-hydrogen) atoms.